The van der Waals surface area contributed by atoms with Gasteiger partial charge in [-0.05, 0) is 12.1 Å². The van der Waals surface area contributed by atoms with E-state index in [4.69, 9.17) is 34.8 Å². The average Bonchev–Trinajstić information content (AvgIpc) is 2.29. The second-order valence-electron chi connectivity index (χ2n) is 3.52. The molecule has 1 atom stereocenters. The van der Waals surface area contributed by atoms with Gasteiger partial charge < -0.3 is 10.6 Å². The molecule has 0 aliphatic carbocycles. The Morgan fingerprint density at radius 1 is 1.39 bits per heavy atom. The van der Waals surface area contributed by atoms with E-state index in [1.54, 1.807) is 13.0 Å². The molecule has 0 unspecified atom stereocenters. The minimum Gasteiger partial charge on any atom is -0.359 e. The first-order valence-corrected chi connectivity index (χ1v) is 6.35. The summed E-state index contributed by atoms with van der Waals surface area (Å²) in [6.45, 7) is 1.66. The molecule has 0 saturated heterocycles. The van der Waals surface area contributed by atoms with Crippen LogP contribution in [0.2, 0.25) is 0 Å². The third kappa shape index (κ3) is 4.52. The number of halogens is 4. The number of carbonyl (C=O) groups excluding carboxylic acids is 1. The van der Waals surface area contributed by atoms with Gasteiger partial charge in [-0.3, -0.25) is 4.79 Å². The van der Waals surface area contributed by atoms with E-state index in [0.717, 1.165) is 0 Å². The number of rotatable bonds is 4. The molecule has 100 valence electrons. The van der Waals surface area contributed by atoms with Crippen LogP contribution in [0, 0.1) is 5.82 Å². The molecular weight excluding hydrogens is 301 g/mol. The van der Waals surface area contributed by atoms with Gasteiger partial charge >= 0.3 is 0 Å². The van der Waals surface area contributed by atoms with E-state index in [1.807, 2.05) is 0 Å². The maximum Gasteiger partial charge on any atom is 0.228 e. The molecule has 0 aromatic heterocycles. The fraction of sp³-hybridized carbons (Fsp3) is 0.364. The van der Waals surface area contributed by atoms with Crippen LogP contribution in [0.1, 0.15) is 13.3 Å². The molecule has 0 heterocycles. The second kappa shape index (κ2) is 6.45. The highest BCUT2D eigenvalue weighted by molar-refractivity contribution is 6.68. The number of alkyl halides is 3. The molecule has 2 N–H and O–H groups in total. The number of carbonyl (C=O) groups is 1. The summed E-state index contributed by atoms with van der Waals surface area (Å²) in [6, 6.07) is 5.91. The van der Waals surface area contributed by atoms with Gasteiger partial charge in [-0.1, -0.05) is 53.9 Å². The predicted molar refractivity (Wildman–Crippen MR) is 72.5 cm³/mol. The smallest absolute Gasteiger partial charge is 0.228 e. The van der Waals surface area contributed by atoms with Crippen LogP contribution < -0.4 is 10.6 Å². The van der Waals surface area contributed by atoms with E-state index >= 15 is 0 Å². The molecule has 1 amide bonds. The van der Waals surface area contributed by atoms with Crippen molar-refractivity contribution in [2.45, 2.75) is 23.3 Å². The maximum absolute atomic E-state index is 13.5. The first kappa shape index (κ1) is 15.3. The first-order chi connectivity index (χ1) is 8.34. The van der Waals surface area contributed by atoms with Gasteiger partial charge in [-0.2, -0.15) is 0 Å². The van der Waals surface area contributed by atoms with Gasteiger partial charge in [0.1, 0.15) is 12.0 Å². The molecule has 3 nitrogen and oxygen atoms in total. The fourth-order valence-electron chi connectivity index (χ4n) is 1.20. The Kier molecular flexibility index (Phi) is 5.50. The monoisotopic (exact) mass is 312 g/mol. The molecule has 0 radical (unpaired) electrons. The SMILES string of the molecule is CCC(=O)N[C@@H](Nc1ccccc1F)C(Cl)(Cl)Cl. The Hall–Kier alpha value is -0.710. The molecule has 1 rings (SSSR count). The number of benzene rings is 1. The molecule has 18 heavy (non-hydrogen) atoms. The van der Waals surface area contributed by atoms with Crippen LogP contribution in [-0.4, -0.2) is 15.9 Å². The van der Waals surface area contributed by atoms with E-state index in [-0.39, 0.29) is 18.0 Å². The lowest BCUT2D eigenvalue weighted by atomic mass is 10.3. The van der Waals surface area contributed by atoms with Gasteiger partial charge in [-0.15, -0.1) is 0 Å². The van der Waals surface area contributed by atoms with Crippen LogP contribution in [0.5, 0.6) is 0 Å². The third-order valence-corrected chi connectivity index (χ3v) is 2.78. The second-order valence-corrected chi connectivity index (χ2v) is 5.89. The van der Waals surface area contributed by atoms with E-state index < -0.39 is 15.8 Å². The number of nitrogens with one attached hydrogen (secondary N) is 2. The van der Waals surface area contributed by atoms with Crippen molar-refractivity contribution in [1.82, 2.24) is 5.32 Å². The summed E-state index contributed by atoms with van der Waals surface area (Å²) in [7, 11) is 0. The minimum atomic E-state index is -1.80. The predicted octanol–water partition coefficient (Wildman–Crippen LogP) is 3.46. The highest BCUT2D eigenvalue weighted by Gasteiger charge is 2.34. The van der Waals surface area contributed by atoms with Crippen molar-refractivity contribution in [2.24, 2.45) is 0 Å². The van der Waals surface area contributed by atoms with Crippen LogP contribution in [0.3, 0.4) is 0 Å². The fourth-order valence-corrected chi connectivity index (χ4v) is 1.52. The van der Waals surface area contributed by atoms with Crippen molar-refractivity contribution in [1.29, 1.82) is 0 Å². The van der Waals surface area contributed by atoms with E-state index in [9.17, 15) is 9.18 Å². The van der Waals surface area contributed by atoms with Gasteiger partial charge in [0.15, 0.2) is 0 Å². The summed E-state index contributed by atoms with van der Waals surface area (Å²) < 4.78 is 11.7. The molecular formula is C11H12Cl3FN2O. The Morgan fingerprint density at radius 2 is 2.00 bits per heavy atom. The Balaban J connectivity index is 2.86. The molecule has 0 bridgehead atoms. The van der Waals surface area contributed by atoms with Crippen molar-refractivity contribution in [2.75, 3.05) is 5.32 Å². The zero-order chi connectivity index (χ0) is 13.8. The number of para-hydroxylation sites is 1. The summed E-state index contributed by atoms with van der Waals surface area (Å²) in [5.41, 5.74) is 0.144. The van der Waals surface area contributed by atoms with Crippen LogP contribution in [0.4, 0.5) is 10.1 Å². The summed E-state index contributed by atoms with van der Waals surface area (Å²) in [4.78, 5) is 11.3. The molecule has 7 heteroatoms. The van der Waals surface area contributed by atoms with E-state index in [0.29, 0.717) is 0 Å². The minimum absolute atomic E-state index is 0.144. The topological polar surface area (TPSA) is 41.1 Å². The van der Waals surface area contributed by atoms with Crippen molar-refractivity contribution < 1.29 is 9.18 Å². The zero-order valence-corrected chi connectivity index (χ0v) is 11.8. The average molecular weight is 314 g/mol. The highest BCUT2D eigenvalue weighted by atomic mass is 35.6. The quantitative estimate of drug-likeness (QED) is 0.660. The van der Waals surface area contributed by atoms with Crippen LogP contribution in [0.25, 0.3) is 0 Å². The van der Waals surface area contributed by atoms with Crippen molar-refractivity contribution in [3.05, 3.63) is 30.1 Å². The zero-order valence-electron chi connectivity index (χ0n) is 9.51. The molecule has 0 aliphatic heterocycles. The van der Waals surface area contributed by atoms with Crippen molar-refractivity contribution >= 4 is 46.4 Å². The van der Waals surface area contributed by atoms with Gasteiger partial charge in [0.25, 0.3) is 0 Å². The van der Waals surface area contributed by atoms with Gasteiger partial charge in [0.2, 0.25) is 9.70 Å². The molecule has 1 aromatic rings. The van der Waals surface area contributed by atoms with Gasteiger partial charge in [0.05, 0.1) is 5.69 Å². The third-order valence-electron chi connectivity index (χ3n) is 2.13. The van der Waals surface area contributed by atoms with E-state index in [2.05, 4.69) is 10.6 Å². The van der Waals surface area contributed by atoms with E-state index in [1.165, 1.54) is 18.2 Å². The Morgan fingerprint density at radius 3 is 2.50 bits per heavy atom. The van der Waals surface area contributed by atoms with Crippen LogP contribution in [-0.2, 0) is 4.79 Å². The number of amides is 1. The summed E-state index contributed by atoms with van der Waals surface area (Å²) in [6.07, 6.45) is -0.789. The summed E-state index contributed by atoms with van der Waals surface area (Å²) >= 11 is 17.2. The number of hydrogen-bond acceptors (Lipinski definition) is 2. The molecule has 0 fully saturated rings. The maximum atomic E-state index is 13.5. The number of hydrogen-bond donors (Lipinski definition) is 2. The largest absolute Gasteiger partial charge is 0.359 e. The summed E-state index contributed by atoms with van der Waals surface area (Å²) in [5.74, 6) is -0.808. The van der Waals surface area contributed by atoms with Gasteiger partial charge in [-0.25, -0.2) is 4.39 Å². The Bertz CT molecular complexity index is 423. The molecule has 1 aromatic carbocycles. The normalized spacial score (nSPS) is 12.9. The van der Waals surface area contributed by atoms with Crippen molar-refractivity contribution in [3.63, 3.8) is 0 Å². The molecule has 0 aliphatic rings. The molecule has 0 spiro atoms. The highest BCUT2D eigenvalue weighted by Crippen LogP contribution is 2.31. The Labute approximate surface area is 120 Å². The lowest BCUT2D eigenvalue weighted by Crippen LogP contribution is -2.49. The lowest BCUT2D eigenvalue weighted by Gasteiger charge is -2.27. The first-order valence-electron chi connectivity index (χ1n) is 5.21. The summed E-state index contributed by atoms with van der Waals surface area (Å²) in [5, 5.41) is 5.12. The van der Waals surface area contributed by atoms with Crippen molar-refractivity contribution in [3.8, 4) is 0 Å². The standard InChI is InChI=1S/C11H12Cl3FN2O/c1-2-9(18)17-10(11(12,13)14)16-8-6-4-3-5-7(8)15/h3-6,10,16H,2H2,1H3,(H,17,18)/t10-/m1/s1. The van der Waals surface area contributed by atoms with Crippen LogP contribution in [0.15, 0.2) is 24.3 Å². The van der Waals surface area contributed by atoms with Gasteiger partial charge in [0, 0.05) is 6.42 Å². The molecule has 0 saturated carbocycles. The lowest BCUT2D eigenvalue weighted by molar-refractivity contribution is -0.121. The van der Waals surface area contributed by atoms with Crippen LogP contribution >= 0.6 is 34.8 Å². The number of anilines is 1.